The molecule has 2 aromatic carbocycles. The van der Waals surface area contributed by atoms with Gasteiger partial charge in [-0.25, -0.2) is 4.98 Å². The van der Waals surface area contributed by atoms with E-state index in [1.165, 1.54) is 27.8 Å². The second-order valence-electron chi connectivity index (χ2n) is 6.92. The van der Waals surface area contributed by atoms with Crippen LogP contribution in [0.5, 0.6) is 0 Å². The molecule has 2 heterocycles. The Labute approximate surface area is 159 Å². The number of fused-ring (bicyclic) bond motifs is 1. The zero-order valence-corrected chi connectivity index (χ0v) is 15.6. The van der Waals surface area contributed by atoms with Gasteiger partial charge in [-0.1, -0.05) is 24.3 Å². The van der Waals surface area contributed by atoms with E-state index in [9.17, 15) is 9.59 Å². The summed E-state index contributed by atoms with van der Waals surface area (Å²) in [5.74, 6) is 0.423. The van der Waals surface area contributed by atoms with Crippen LogP contribution in [0.1, 0.15) is 27.3 Å². The second kappa shape index (κ2) is 6.03. The third-order valence-corrected chi connectivity index (χ3v) is 6.11. The summed E-state index contributed by atoms with van der Waals surface area (Å²) in [7, 11) is 1.74. The highest BCUT2D eigenvalue weighted by atomic mass is 32.1. The van der Waals surface area contributed by atoms with Crippen molar-refractivity contribution in [3.8, 4) is 0 Å². The lowest BCUT2D eigenvalue weighted by Gasteiger charge is -2.18. The molecule has 0 unspecified atom stereocenters. The first kappa shape index (κ1) is 16.2. The molecule has 0 aliphatic heterocycles. The maximum atomic E-state index is 13.1. The number of thiophene rings is 1. The maximum absolute atomic E-state index is 13.1. The van der Waals surface area contributed by atoms with Crippen LogP contribution in [0.25, 0.3) is 21.0 Å². The Morgan fingerprint density at radius 1 is 1.19 bits per heavy atom. The van der Waals surface area contributed by atoms with Crippen LogP contribution >= 0.6 is 11.3 Å². The Balaban J connectivity index is 1.50. The van der Waals surface area contributed by atoms with E-state index in [1.54, 1.807) is 11.9 Å². The molecule has 0 fully saturated rings. The number of carbonyl (C=O) groups is 1. The second-order valence-corrected chi connectivity index (χ2v) is 7.84. The third-order valence-electron chi connectivity index (χ3n) is 5.20. The molecule has 0 bridgehead atoms. The summed E-state index contributed by atoms with van der Waals surface area (Å²) >= 11 is 1.37. The number of nitrogens with one attached hydrogen (secondary N) is 1. The number of aryl methyl sites for hydroxylation is 2. The summed E-state index contributed by atoms with van der Waals surface area (Å²) in [6, 6.07) is 12.0. The van der Waals surface area contributed by atoms with Gasteiger partial charge in [-0.2, -0.15) is 0 Å². The number of amides is 1. The van der Waals surface area contributed by atoms with E-state index in [4.69, 9.17) is 0 Å². The van der Waals surface area contributed by atoms with Gasteiger partial charge in [0.15, 0.2) is 0 Å². The summed E-state index contributed by atoms with van der Waals surface area (Å²) < 4.78 is 0.611. The predicted octanol–water partition coefficient (Wildman–Crippen LogP) is 3.51. The molecule has 0 saturated carbocycles. The van der Waals surface area contributed by atoms with Gasteiger partial charge in [0.2, 0.25) is 0 Å². The first-order chi connectivity index (χ1) is 13.1. The van der Waals surface area contributed by atoms with Gasteiger partial charge in [0.1, 0.15) is 10.5 Å². The van der Waals surface area contributed by atoms with Crippen LogP contribution in [0.3, 0.4) is 0 Å². The molecule has 134 valence electrons. The molecule has 0 spiro atoms. The van der Waals surface area contributed by atoms with Crippen molar-refractivity contribution in [1.82, 2.24) is 14.9 Å². The number of hydrogen-bond acceptors (Lipinski definition) is 4. The average molecular weight is 375 g/mol. The minimum absolute atomic E-state index is 0.0707. The normalized spacial score (nSPS) is 12.8. The highest BCUT2D eigenvalue weighted by Crippen LogP contribution is 2.33. The van der Waals surface area contributed by atoms with Crippen LogP contribution in [0.4, 0.5) is 0 Å². The number of aromatic nitrogens is 2. The zero-order valence-electron chi connectivity index (χ0n) is 14.8. The smallest absolute Gasteiger partial charge is 0.268 e. The quantitative estimate of drug-likeness (QED) is 0.596. The number of rotatable bonds is 3. The van der Waals surface area contributed by atoms with E-state index in [0.29, 0.717) is 21.6 Å². The van der Waals surface area contributed by atoms with Gasteiger partial charge in [-0.15, -0.1) is 11.3 Å². The van der Waals surface area contributed by atoms with E-state index in [0.717, 1.165) is 18.2 Å². The molecular formula is C21H17N3O2S. The topological polar surface area (TPSA) is 66.1 Å². The van der Waals surface area contributed by atoms with Crippen molar-refractivity contribution in [2.24, 2.45) is 0 Å². The minimum Gasteiger partial charge on any atom is -0.334 e. The van der Waals surface area contributed by atoms with Crippen molar-refractivity contribution < 1.29 is 4.79 Å². The number of benzene rings is 2. The standard InChI is InChI=1S/C21H17N3O2S/c1-24(11-17-22-16-9-10-27-19(16)20(25)23-17)21(26)15-8-7-13-6-5-12-3-2-4-14(15)18(12)13/h2-4,7-10H,5-6,11H2,1H3,(H,22,23,25). The zero-order chi connectivity index (χ0) is 18.5. The van der Waals surface area contributed by atoms with E-state index < -0.39 is 0 Å². The van der Waals surface area contributed by atoms with E-state index in [2.05, 4.69) is 22.1 Å². The van der Waals surface area contributed by atoms with Crippen molar-refractivity contribution in [3.05, 3.63) is 74.6 Å². The molecule has 0 saturated heterocycles. The van der Waals surface area contributed by atoms with Gasteiger partial charge in [0, 0.05) is 12.6 Å². The molecule has 1 N–H and O–H groups in total. The van der Waals surface area contributed by atoms with Gasteiger partial charge in [0.05, 0.1) is 12.1 Å². The Morgan fingerprint density at radius 3 is 2.85 bits per heavy atom. The molecule has 6 heteroatoms. The van der Waals surface area contributed by atoms with Gasteiger partial charge in [0.25, 0.3) is 11.5 Å². The van der Waals surface area contributed by atoms with Crippen LogP contribution in [0.15, 0.2) is 46.6 Å². The molecule has 5 nitrogen and oxygen atoms in total. The first-order valence-corrected chi connectivity index (χ1v) is 9.75. The lowest BCUT2D eigenvalue weighted by Crippen LogP contribution is -2.28. The highest BCUT2D eigenvalue weighted by molar-refractivity contribution is 7.17. The van der Waals surface area contributed by atoms with Crippen molar-refractivity contribution in [2.45, 2.75) is 19.4 Å². The van der Waals surface area contributed by atoms with Crippen molar-refractivity contribution in [1.29, 1.82) is 0 Å². The van der Waals surface area contributed by atoms with E-state index in [1.807, 2.05) is 29.6 Å². The number of H-pyrrole nitrogens is 1. The Hall–Kier alpha value is -2.99. The molecule has 2 aromatic heterocycles. The summed E-state index contributed by atoms with van der Waals surface area (Å²) in [5, 5.41) is 4.08. The number of carbonyl (C=O) groups excluding carboxylic acids is 1. The molecule has 27 heavy (non-hydrogen) atoms. The van der Waals surface area contributed by atoms with Crippen molar-refractivity contribution in [3.63, 3.8) is 0 Å². The van der Waals surface area contributed by atoms with Crippen LogP contribution < -0.4 is 5.56 Å². The van der Waals surface area contributed by atoms with Crippen LogP contribution in [0, 0.1) is 0 Å². The fraction of sp³-hybridized carbons (Fsp3) is 0.190. The van der Waals surface area contributed by atoms with Crippen LogP contribution in [-0.4, -0.2) is 27.8 Å². The van der Waals surface area contributed by atoms with E-state index >= 15 is 0 Å². The molecule has 1 aliphatic rings. The van der Waals surface area contributed by atoms with E-state index in [-0.39, 0.29) is 18.0 Å². The molecule has 5 rings (SSSR count). The van der Waals surface area contributed by atoms with Gasteiger partial charge < -0.3 is 9.88 Å². The van der Waals surface area contributed by atoms with Crippen LogP contribution in [0.2, 0.25) is 0 Å². The Bertz CT molecular complexity index is 1260. The Kier molecular flexibility index (Phi) is 3.62. The third kappa shape index (κ3) is 2.56. The van der Waals surface area contributed by atoms with Crippen molar-refractivity contribution in [2.75, 3.05) is 7.05 Å². The molecule has 0 radical (unpaired) electrons. The number of nitrogens with zero attached hydrogens (tertiary/aromatic N) is 2. The highest BCUT2D eigenvalue weighted by Gasteiger charge is 2.21. The summed E-state index contributed by atoms with van der Waals surface area (Å²) in [4.78, 5) is 34.1. The lowest BCUT2D eigenvalue weighted by atomic mass is 9.99. The first-order valence-electron chi connectivity index (χ1n) is 8.87. The van der Waals surface area contributed by atoms with Gasteiger partial charge in [-0.05, 0) is 52.3 Å². The molecule has 4 aromatic rings. The largest absolute Gasteiger partial charge is 0.334 e. The average Bonchev–Trinajstić information content (AvgIpc) is 3.30. The Morgan fingerprint density at radius 2 is 2.00 bits per heavy atom. The predicted molar refractivity (Wildman–Crippen MR) is 107 cm³/mol. The minimum atomic E-state index is -0.156. The summed E-state index contributed by atoms with van der Waals surface area (Å²) in [6.45, 7) is 0.253. The molecule has 0 atom stereocenters. The van der Waals surface area contributed by atoms with Crippen molar-refractivity contribution >= 4 is 38.2 Å². The number of hydrogen-bond donors (Lipinski definition) is 1. The summed E-state index contributed by atoms with van der Waals surface area (Å²) in [6.07, 6.45) is 2.07. The fourth-order valence-electron chi connectivity index (χ4n) is 3.93. The fourth-order valence-corrected chi connectivity index (χ4v) is 4.66. The summed E-state index contributed by atoms with van der Waals surface area (Å²) in [5.41, 5.74) is 3.84. The maximum Gasteiger partial charge on any atom is 0.268 e. The molecule has 1 aliphatic carbocycles. The SMILES string of the molecule is CN(Cc1nc2ccsc2c(=O)[nH]1)C(=O)c1ccc2c3c(cccc13)CC2. The van der Waals surface area contributed by atoms with Crippen LogP contribution in [-0.2, 0) is 19.4 Å². The number of aromatic amines is 1. The lowest BCUT2D eigenvalue weighted by molar-refractivity contribution is 0.0783. The molecular weight excluding hydrogens is 358 g/mol. The molecule has 1 amide bonds. The van der Waals surface area contributed by atoms with Gasteiger partial charge >= 0.3 is 0 Å². The van der Waals surface area contributed by atoms with Gasteiger partial charge in [-0.3, -0.25) is 9.59 Å². The monoisotopic (exact) mass is 375 g/mol.